The third-order valence-electron chi connectivity index (χ3n) is 3.36. The highest BCUT2D eigenvalue weighted by Gasteiger charge is 2.21. The van der Waals surface area contributed by atoms with E-state index in [1.54, 1.807) is 12.1 Å². The Bertz CT molecular complexity index is 656. The van der Waals surface area contributed by atoms with Crippen LogP contribution in [0.1, 0.15) is 21.7 Å². The van der Waals surface area contributed by atoms with Crippen molar-refractivity contribution in [3.8, 4) is 5.88 Å². The normalized spacial score (nSPS) is 13.5. The highest BCUT2D eigenvalue weighted by Crippen LogP contribution is 2.15. The average Bonchev–Trinajstić information content (AvgIpc) is 2.97. The molecule has 0 bridgehead atoms. The van der Waals surface area contributed by atoms with Crippen molar-refractivity contribution in [3.05, 3.63) is 40.3 Å². The second kappa shape index (κ2) is 6.76. The minimum absolute atomic E-state index is 0.200. The van der Waals surface area contributed by atoms with Gasteiger partial charge in [-0.05, 0) is 6.07 Å². The van der Waals surface area contributed by atoms with Crippen LogP contribution >= 0.6 is 11.6 Å². The fourth-order valence-corrected chi connectivity index (χ4v) is 2.38. The fourth-order valence-electron chi connectivity index (χ4n) is 2.26. The van der Waals surface area contributed by atoms with Crippen LogP contribution in [-0.2, 0) is 13.0 Å². The average molecular weight is 322 g/mol. The van der Waals surface area contributed by atoms with Crippen molar-refractivity contribution in [2.24, 2.45) is 0 Å². The van der Waals surface area contributed by atoms with Crippen molar-refractivity contribution in [2.45, 2.75) is 13.0 Å². The number of aromatic amines is 1. The molecule has 7 nitrogen and oxygen atoms in total. The van der Waals surface area contributed by atoms with E-state index in [9.17, 15) is 4.79 Å². The summed E-state index contributed by atoms with van der Waals surface area (Å²) >= 11 is 5.74. The van der Waals surface area contributed by atoms with E-state index in [4.69, 9.17) is 16.3 Å². The molecule has 0 unspecified atom stereocenters. The zero-order chi connectivity index (χ0) is 15.4. The highest BCUT2D eigenvalue weighted by molar-refractivity contribution is 6.30. The number of fused-ring (bicyclic) bond motifs is 1. The standard InChI is InChI=1S/C14H16ClN5O2/c15-9-1-2-12(18-7-9)22-6-5-17-14(21)13-10-8-16-4-3-11(10)19-20-13/h1-2,7,16H,3-6,8H2,(H,17,21)(H,19,20). The van der Waals surface area contributed by atoms with Gasteiger partial charge >= 0.3 is 0 Å². The molecule has 22 heavy (non-hydrogen) atoms. The molecule has 3 rings (SSSR count). The van der Waals surface area contributed by atoms with Crippen LogP contribution < -0.4 is 15.4 Å². The predicted molar refractivity (Wildman–Crippen MR) is 81.1 cm³/mol. The lowest BCUT2D eigenvalue weighted by molar-refractivity contribution is 0.0940. The van der Waals surface area contributed by atoms with E-state index < -0.39 is 0 Å². The quantitative estimate of drug-likeness (QED) is 0.712. The monoisotopic (exact) mass is 321 g/mol. The van der Waals surface area contributed by atoms with Crippen molar-refractivity contribution in [1.82, 2.24) is 25.8 Å². The molecule has 116 valence electrons. The fraction of sp³-hybridized carbons (Fsp3) is 0.357. The van der Waals surface area contributed by atoms with Gasteiger partial charge in [0.2, 0.25) is 5.88 Å². The number of rotatable bonds is 5. The van der Waals surface area contributed by atoms with Crippen LogP contribution in [0.15, 0.2) is 18.3 Å². The van der Waals surface area contributed by atoms with E-state index >= 15 is 0 Å². The highest BCUT2D eigenvalue weighted by atomic mass is 35.5. The Labute approximate surface area is 132 Å². The summed E-state index contributed by atoms with van der Waals surface area (Å²) in [6.45, 7) is 2.27. The van der Waals surface area contributed by atoms with Crippen molar-refractivity contribution in [3.63, 3.8) is 0 Å². The molecule has 0 saturated carbocycles. The Kier molecular flexibility index (Phi) is 4.55. The summed E-state index contributed by atoms with van der Waals surface area (Å²) in [5.41, 5.74) is 2.43. The molecule has 1 amide bonds. The molecule has 1 aliphatic heterocycles. The van der Waals surface area contributed by atoms with Gasteiger partial charge in [0.15, 0.2) is 5.69 Å². The lowest BCUT2D eigenvalue weighted by atomic mass is 10.1. The number of nitrogens with one attached hydrogen (secondary N) is 3. The number of hydrogen-bond acceptors (Lipinski definition) is 5. The minimum Gasteiger partial charge on any atom is -0.476 e. The van der Waals surface area contributed by atoms with Crippen LogP contribution in [0, 0.1) is 0 Å². The van der Waals surface area contributed by atoms with Gasteiger partial charge in [0.1, 0.15) is 6.61 Å². The van der Waals surface area contributed by atoms with Gasteiger partial charge in [0.05, 0.1) is 11.6 Å². The number of ether oxygens (including phenoxy) is 1. The third-order valence-corrected chi connectivity index (χ3v) is 3.58. The van der Waals surface area contributed by atoms with Gasteiger partial charge in [-0.1, -0.05) is 11.6 Å². The van der Waals surface area contributed by atoms with Gasteiger partial charge in [-0.2, -0.15) is 5.10 Å². The van der Waals surface area contributed by atoms with Gasteiger partial charge in [0.25, 0.3) is 5.91 Å². The lowest BCUT2D eigenvalue weighted by Gasteiger charge is -2.12. The number of aromatic nitrogens is 3. The number of halogens is 1. The Morgan fingerprint density at radius 2 is 2.36 bits per heavy atom. The number of nitrogens with zero attached hydrogens (tertiary/aromatic N) is 2. The molecule has 3 N–H and O–H groups in total. The lowest BCUT2D eigenvalue weighted by Crippen LogP contribution is -2.31. The second-order valence-electron chi connectivity index (χ2n) is 4.88. The Balaban J connectivity index is 1.48. The van der Waals surface area contributed by atoms with E-state index in [0.29, 0.717) is 36.3 Å². The van der Waals surface area contributed by atoms with Gasteiger partial charge < -0.3 is 15.4 Å². The summed E-state index contributed by atoms with van der Waals surface area (Å²) in [6.07, 6.45) is 2.37. The molecule has 0 fully saturated rings. The van der Waals surface area contributed by atoms with Crippen LogP contribution in [0.2, 0.25) is 5.02 Å². The molecular weight excluding hydrogens is 306 g/mol. The maximum Gasteiger partial charge on any atom is 0.272 e. The SMILES string of the molecule is O=C(NCCOc1ccc(Cl)cn1)c1n[nH]c2c1CNCC2. The van der Waals surface area contributed by atoms with Gasteiger partial charge in [-0.3, -0.25) is 9.89 Å². The molecule has 8 heteroatoms. The van der Waals surface area contributed by atoms with Crippen molar-refractivity contribution in [1.29, 1.82) is 0 Å². The topological polar surface area (TPSA) is 91.9 Å². The third kappa shape index (κ3) is 3.37. The maximum absolute atomic E-state index is 12.1. The molecule has 3 heterocycles. The summed E-state index contributed by atoms with van der Waals surface area (Å²) in [7, 11) is 0. The van der Waals surface area contributed by atoms with Crippen LogP contribution in [-0.4, -0.2) is 40.8 Å². The number of carbonyl (C=O) groups excluding carboxylic acids is 1. The molecule has 0 aliphatic carbocycles. The van der Waals surface area contributed by atoms with E-state index in [0.717, 1.165) is 24.2 Å². The zero-order valence-corrected chi connectivity index (χ0v) is 12.6. The van der Waals surface area contributed by atoms with Crippen LogP contribution in [0.25, 0.3) is 0 Å². The van der Waals surface area contributed by atoms with Gasteiger partial charge in [0, 0.05) is 43.0 Å². The summed E-state index contributed by atoms with van der Waals surface area (Å²) in [5.74, 6) is 0.272. The Morgan fingerprint density at radius 1 is 1.45 bits per heavy atom. The van der Waals surface area contributed by atoms with E-state index in [1.807, 2.05) is 0 Å². The number of carbonyl (C=O) groups is 1. The van der Waals surface area contributed by atoms with E-state index in [-0.39, 0.29) is 5.91 Å². The number of pyridine rings is 1. The Hall–Kier alpha value is -2.12. The van der Waals surface area contributed by atoms with Crippen LogP contribution in [0.5, 0.6) is 5.88 Å². The summed E-state index contributed by atoms with van der Waals surface area (Å²) in [5, 5.41) is 13.6. The molecule has 0 atom stereocenters. The van der Waals surface area contributed by atoms with Gasteiger partial charge in [-0.15, -0.1) is 0 Å². The molecule has 0 aromatic carbocycles. The predicted octanol–water partition coefficient (Wildman–Crippen LogP) is 0.913. The molecule has 1 aliphatic rings. The molecule has 0 saturated heterocycles. The van der Waals surface area contributed by atoms with Crippen molar-refractivity contribution >= 4 is 17.5 Å². The molecule has 0 spiro atoms. The number of amides is 1. The van der Waals surface area contributed by atoms with Crippen molar-refractivity contribution in [2.75, 3.05) is 19.7 Å². The Morgan fingerprint density at radius 3 is 3.18 bits per heavy atom. The molecule has 2 aromatic heterocycles. The first-order valence-electron chi connectivity index (χ1n) is 7.03. The van der Waals surface area contributed by atoms with E-state index in [2.05, 4.69) is 25.8 Å². The summed E-state index contributed by atoms with van der Waals surface area (Å²) < 4.78 is 5.42. The minimum atomic E-state index is -0.200. The molecular formula is C14H16ClN5O2. The molecule has 2 aromatic rings. The van der Waals surface area contributed by atoms with Crippen LogP contribution in [0.3, 0.4) is 0 Å². The largest absolute Gasteiger partial charge is 0.476 e. The molecule has 0 radical (unpaired) electrons. The van der Waals surface area contributed by atoms with Gasteiger partial charge in [-0.25, -0.2) is 4.98 Å². The first-order valence-corrected chi connectivity index (χ1v) is 7.41. The second-order valence-corrected chi connectivity index (χ2v) is 5.31. The zero-order valence-electron chi connectivity index (χ0n) is 11.9. The first-order chi connectivity index (χ1) is 10.7. The maximum atomic E-state index is 12.1. The number of hydrogen-bond donors (Lipinski definition) is 3. The first kappa shape index (κ1) is 14.8. The van der Waals surface area contributed by atoms with Crippen molar-refractivity contribution < 1.29 is 9.53 Å². The summed E-state index contributed by atoms with van der Waals surface area (Å²) in [6, 6.07) is 3.38. The number of H-pyrrole nitrogens is 1. The van der Waals surface area contributed by atoms with Crippen LogP contribution in [0.4, 0.5) is 0 Å². The summed E-state index contributed by atoms with van der Waals surface area (Å²) in [4.78, 5) is 16.1. The van der Waals surface area contributed by atoms with E-state index in [1.165, 1.54) is 6.20 Å². The smallest absolute Gasteiger partial charge is 0.272 e.